The van der Waals surface area contributed by atoms with Gasteiger partial charge in [0.25, 0.3) is 0 Å². The molecule has 0 bridgehead atoms. The minimum atomic E-state index is 0.0394. The van der Waals surface area contributed by atoms with Gasteiger partial charge in [0, 0.05) is 44.1 Å². The number of carbonyl (C=O) groups excluding carboxylic acids is 1. The molecule has 1 aromatic carbocycles. The van der Waals surface area contributed by atoms with Crippen molar-refractivity contribution in [3.8, 4) is 0 Å². The number of hydrogen-bond acceptors (Lipinski definition) is 4. The van der Waals surface area contributed by atoms with E-state index >= 15 is 0 Å². The summed E-state index contributed by atoms with van der Waals surface area (Å²) in [4.78, 5) is 21.0. The summed E-state index contributed by atoms with van der Waals surface area (Å²) in [6.07, 6.45) is 3.73. The molecule has 2 saturated heterocycles. The molecule has 2 atom stereocenters. The SMILES string of the molecule is Cn1ccnc1CN1C(=O)COC2CN(Cc3ccc(Cl)cc3)CC21. The average Bonchev–Trinajstić information content (AvgIpc) is 3.18. The van der Waals surface area contributed by atoms with Crippen molar-refractivity contribution in [2.45, 2.75) is 25.2 Å². The first-order valence-electron chi connectivity index (χ1n) is 8.44. The lowest BCUT2D eigenvalue weighted by Gasteiger charge is -2.36. The molecular weight excluding hydrogens is 340 g/mol. The van der Waals surface area contributed by atoms with Crippen LogP contribution in [0.15, 0.2) is 36.7 Å². The van der Waals surface area contributed by atoms with E-state index in [1.54, 1.807) is 6.20 Å². The topological polar surface area (TPSA) is 50.6 Å². The third-order valence-corrected chi connectivity index (χ3v) is 5.26. The monoisotopic (exact) mass is 360 g/mol. The van der Waals surface area contributed by atoms with Crippen molar-refractivity contribution in [2.24, 2.45) is 7.05 Å². The van der Waals surface area contributed by atoms with E-state index in [-0.39, 0.29) is 24.7 Å². The Morgan fingerprint density at radius 2 is 2.04 bits per heavy atom. The van der Waals surface area contributed by atoms with Crippen molar-refractivity contribution in [1.29, 1.82) is 0 Å². The summed E-state index contributed by atoms with van der Waals surface area (Å²) in [5.74, 6) is 0.933. The zero-order valence-electron chi connectivity index (χ0n) is 14.1. The lowest BCUT2D eigenvalue weighted by atomic mass is 10.1. The minimum absolute atomic E-state index is 0.0394. The zero-order valence-corrected chi connectivity index (χ0v) is 14.9. The first-order chi connectivity index (χ1) is 12.1. The number of likely N-dealkylation sites (tertiary alicyclic amines) is 1. The summed E-state index contributed by atoms with van der Waals surface area (Å²) in [5.41, 5.74) is 1.21. The fourth-order valence-corrected chi connectivity index (χ4v) is 3.75. The third-order valence-electron chi connectivity index (χ3n) is 5.01. The van der Waals surface area contributed by atoms with Gasteiger partial charge in [0.1, 0.15) is 12.4 Å². The number of morpholine rings is 1. The molecule has 0 spiro atoms. The third kappa shape index (κ3) is 3.42. The van der Waals surface area contributed by atoms with Crippen LogP contribution in [-0.2, 0) is 29.7 Å². The number of carbonyl (C=O) groups is 1. The number of aromatic nitrogens is 2. The molecule has 4 rings (SSSR count). The minimum Gasteiger partial charge on any atom is -0.365 e. The molecule has 6 nitrogen and oxygen atoms in total. The maximum Gasteiger partial charge on any atom is 0.249 e. The predicted molar refractivity (Wildman–Crippen MR) is 94.0 cm³/mol. The van der Waals surface area contributed by atoms with Crippen molar-refractivity contribution in [3.63, 3.8) is 0 Å². The molecule has 25 heavy (non-hydrogen) atoms. The summed E-state index contributed by atoms with van der Waals surface area (Å²) >= 11 is 5.96. The quantitative estimate of drug-likeness (QED) is 0.832. The number of halogens is 1. The average molecular weight is 361 g/mol. The van der Waals surface area contributed by atoms with Crippen molar-refractivity contribution >= 4 is 17.5 Å². The molecule has 0 saturated carbocycles. The van der Waals surface area contributed by atoms with E-state index in [0.717, 1.165) is 30.5 Å². The van der Waals surface area contributed by atoms with Crippen molar-refractivity contribution in [3.05, 3.63) is 53.1 Å². The van der Waals surface area contributed by atoms with Gasteiger partial charge in [-0.05, 0) is 17.7 Å². The number of amides is 1. The van der Waals surface area contributed by atoms with Crippen LogP contribution < -0.4 is 0 Å². The molecule has 0 radical (unpaired) electrons. The molecular formula is C18H21ClN4O2. The first kappa shape index (κ1) is 16.6. The molecule has 1 aromatic heterocycles. The summed E-state index contributed by atoms with van der Waals surface area (Å²) in [6.45, 7) is 3.15. The molecule has 3 heterocycles. The number of aryl methyl sites for hydroxylation is 1. The molecule has 2 fully saturated rings. The summed E-state index contributed by atoms with van der Waals surface area (Å²) in [6, 6.07) is 7.98. The number of rotatable bonds is 4. The number of nitrogens with zero attached hydrogens (tertiary/aromatic N) is 4. The second-order valence-electron chi connectivity index (χ2n) is 6.71. The van der Waals surface area contributed by atoms with Crippen molar-refractivity contribution in [2.75, 3.05) is 19.7 Å². The molecule has 7 heteroatoms. The smallest absolute Gasteiger partial charge is 0.249 e. The Morgan fingerprint density at radius 3 is 2.76 bits per heavy atom. The van der Waals surface area contributed by atoms with Crippen LogP contribution >= 0.6 is 11.6 Å². The van der Waals surface area contributed by atoms with Gasteiger partial charge in [-0.15, -0.1) is 0 Å². The Labute approximate surface area is 151 Å². The highest BCUT2D eigenvalue weighted by Crippen LogP contribution is 2.26. The van der Waals surface area contributed by atoms with Gasteiger partial charge in [0.15, 0.2) is 0 Å². The fourth-order valence-electron chi connectivity index (χ4n) is 3.63. The Morgan fingerprint density at radius 1 is 1.24 bits per heavy atom. The summed E-state index contributed by atoms with van der Waals surface area (Å²) in [5, 5.41) is 0.744. The van der Waals surface area contributed by atoms with E-state index < -0.39 is 0 Å². The number of ether oxygens (including phenoxy) is 1. The second-order valence-corrected chi connectivity index (χ2v) is 7.15. The van der Waals surface area contributed by atoms with Gasteiger partial charge in [0.2, 0.25) is 5.91 Å². The van der Waals surface area contributed by atoms with E-state index in [0.29, 0.717) is 6.54 Å². The number of fused-ring (bicyclic) bond motifs is 1. The van der Waals surface area contributed by atoms with Gasteiger partial charge in [-0.25, -0.2) is 4.98 Å². The number of hydrogen-bond donors (Lipinski definition) is 0. The van der Waals surface area contributed by atoms with Crippen LogP contribution in [0, 0.1) is 0 Å². The van der Waals surface area contributed by atoms with Crippen LogP contribution in [0.3, 0.4) is 0 Å². The summed E-state index contributed by atoms with van der Waals surface area (Å²) in [7, 11) is 1.95. The Balaban J connectivity index is 1.47. The highest BCUT2D eigenvalue weighted by Gasteiger charge is 2.43. The molecule has 2 unspecified atom stereocenters. The van der Waals surface area contributed by atoms with Crippen LogP contribution in [0.2, 0.25) is 5.02 Å². The maximum atomic E-state index is 12.4. The van der Waals surface area contributed by atoms with E-state index in [2.05, 4.69) is 9.88 Å². The molecule has 0 N–H and O–H groups in total. The van der Waals surface area contributed by atoms with E-state index in [9.17, 15) is 4.79 Å². The van der Waals surface area contributed by atoms with Gasteiger partial charge >= 0.3 is 0 Å². The van der Waals surface area contributed by atoms with E-state index in [4.69, 9.17) is 16.3 Å². The summed E-state index contributed by atoms with van der Waals surface area (Å²) < 4.78 is 7.76. The first-order valence-corrected chi connectivity index (χ1v) is 8.82. The van der Waals surface area contributed by atoms with Crippen molar-refractivity contribution < 1.29 is 9.53 Å². The fraction of sp³-hybridized carbons (Fsp3) is 0.444. The van der Waals surface area contributed by atoms with Gasteiger partial charge < -0.3 is 14.2 Å². The van der Waals surface area contributed by atoms with E-state index in [1.165, 1.54) is 5.56 Å². The van der Waals surface area contributed by atoms with Crippen LogP contribution in [0.25, 0.3) is 0 Å². The Bertz CT molecular complexity index is 761. The molecule has 2 aromatic rings. The van der Waals surface area contributed by atoms with Crippen LogP contribution in [0.4, 0.5) is 0 Å². The molecule has 2 aliphatic heterocycles. The molecule has 2 aliphatic rings. The van der Waals surface area contributed by atoms with E-state index in [1.807, 2.05) is 47.0 Å². The Kier molecular flexibility index (Phi) is 4.50. The second kappa shape index (κ2) is 6.78. The zero-order chi connectivity index (χ0) is 17.4. The van der Waals surface area contributed by atoms with Crippen LogP contribution in [0.1, 0.15) is 11.4 Å². The highest BCUT2D eigenvalue weighted by molar-refractivity contribution is 6.30. The number of benzene rings is 1. The molecule has 0 aliphatic carbocycles. The van der Waals surface area contributed by atoms with Gasteiger partial charge in [-0.2, -0.15) is 0 Å². The lowest BCUT2D eigenvalue weighted by molar-refractivity contribution is -0.154. The van der Waals surface area contributed by atoms with Gasteiger partial charge in [-0.3, -0.25) is 9.69 Å². The molecule has 132 valence electrons. The van der Waals surface area contributed by atoms with Gasteiger partial charge in [0.05, 0.1) is 18.7 Å². The largest absolute Gasteiger partial charge is 0.365 e. The normalized spacial score (nSPS) is 23.9. The van der Waals surface area contributed by atoms with Crippen molar-refractivity contribution in [1.82, 2.24) is 19.4 Å². The predicted octanol–water partition coefficient (Wildman–Crippen LogP) is 1.69. The van der Waals surface area contributed by atoms with Crippen LogP contribution in [-0.4, -0.2) is 57.1 Å². The maximum absolute atomic E-state index is 12.4. The number of imidazole rings is 1. The van der Waals surface area contributed by atoms with Crippen LogP contribution in [0.5, 0.6) is 0 Å². The molecule has 1 amide bonds. The lowest BCUT2D eigenvalue weighted by Crippen LogP contribution is -2.53. The van der Waals surface area contributed by atoms with Gasteiger partial charge in [-0.1, -0.05) is 23.7 Å². The Hall–Kier alpha value is -1.89. The standard InChI is InChI=1S/C18H21ClN4O2/c1-21-7-6-20-17(21)11-23-15-9-22(10-16(15)25-12-18(23)24)8-13-2-4-14(19)5-3-13/h2-7,15-16H,8-12H2,1H3. The highest BCUT2D eigenvalue weighted by atomic mass is 35.5.